The fraction of sp³-hybridized carbons (Fsp3) is 0.0968. The van der Waals surface area contributed by atoms with Gasteiger partial charge in [0.2, 0.25) is 0 Å². The molecule has 11 nitrogen and oxygen atoms in total. The summed E-state index contributed by atoms with van der Waals surface area (Å²) in [5.74, 6) is 1.41. The average Bonchev–Trinajstić information content (AvgIpc) is 3.66. The van der Waals surface area contributed by atoms with Gasteiger partial charge < -0.3 is 19.4 Å². The van der Waals surface area contributed by atoms with Crippen LogP contribution < -0.4 is 15.0 Å². The van der Waals surface area contributed by atoms with Gasteiger partial charge in [0.25, 0.3) is 11.4 Å². The number of rotatable bonds is 9. The third-order valence-electron chi connectivity index (χ3n) is 7.08. The number of aromatic nitrogens is 1. The van der Waals surface area contributed by atoms with Crippen LogP contribution in [0.25, 0.3) is 11.3 Å². The van der Waals surface area contributed by atoms with Crippen LogP contribution in [0.4, 0.5) is 17.1 Å². The zero-order chi connectivity index (χ0) is 30.8. The van der Waals surface area contributed by atoms with Crippen molar-refractivity contribution in [2.45, 2.75) is 21.9 Å². The molecule has 2 atom stereocenters. The summed E-state index contributed by atoms with van der Waals surface area (Å²) in [6.07, 6.45) is 1.72. The number of ether oxygens (including phenoxy) is 1. The molecule has 1 N–H and O–H groups in total. The number of nitro benzene ring substituents is 2. The summed E-state index contributed by atoms with van der Waals surface area (Å²) in [7, 11) is 1.45. The van der Waals surface area contributed by atoms with E-state index in [-0.39, 0.29) is 17.4 Å². The smallest absolute Gasteiger partial charge is 0.273 e. The van der Waals surface area contributed by atoms with E-state index in [2.05, 4.69) is 10.3 Å². The summed E-state index contributed by atoms with van der Waals surface area (Å²) in [5.41, 5.74) is 2.13. The molecule has 0 saturated carbocycles. The average molecular weight is 626 g/mol. The zero-order valence-electron chi connectivity index (χ0n) is 23.0. The molecule has 3 aromatic carbocycles. The van der Waals surface area contributed by atoms with Crippen molar-refractivity contribution < 1.29 is 19.0 Å². The molecular weight excluding hydrogens is 603 g/mol. The lowest BCUT2D eigenvalue weighted by Gasteiger charge is -2.26. The SMILES string of the molecule is COc1cc([N+](=O)[O-])ccc1-c1ccc(C2C(c3ccccn3)NC(=S)N2c2ccc(Sc3ccc([N+](=O)[O-])cc3)cc2)o1. The minimum absolute atomic E-state index is 0.0429. The van der Waals surface area contributed by atoms with Crippen LogP contribution in [-0.4, -0.2) is 27.1 Å². The fourth-order valence-electron chi connectivity index (χ4n) is 5.02. The summed E-state index contributed by atoms with van der Waals surface area (Å²) in [6.45, 7) is 0. The number of pyridine rings is 1. The van der Waals surface area contributed by atoms with E-state index < -0.39 is 15.9 Å². The Morgan fingerprint density at radius 2 is 1.59 bits per heavy atom. The zero-order valence-corrected chi connectivity index (χ0v) is 24.7. The van der Waals surface area contributed by atoms with Crippen LogP contribution in [0, 0.1) is 20.2 Å². The molecule has 2 unspecified atom stereocenters. The summed E-state index contributed by atoms with van der Waals surface area (Å²) in [6, 6.07) is 27.2. The predicted molar refractivity (Wildman–Crippen MR) is 169 cm³/mol. The lowest BCUT2D eigenvalue weighted by atomic mass is 10.0. The van der Waals surface area contributed by atoms with Gasteiger partial charge in [-0.05, 0) is 78.9 Å². The van der Waals surface area contributed by atoms with Crippen LogP contribution in [0.15, 0.2) is 117 Å². The monoisotopic (exact) mass is 625 g/mol. The number of methoxy groups -OCH3 is 1. The van der Waals surface area contributed by atoms with Crippen molar-refractivity contribution in [3.8, 4) is 17.1 Å². The lowest BCUT2D eigenvalue weighted by molar-refractivity contribution is -0.385. The van der Waals surface area contributed by atoms with Crippen molar-refractivity contribution in [2.24, 2.45) is 0 Å². The van der Waals surface area contributed by atoms with E-state index in [0.29, 0.717) is 27.9 Å². The quantitative estimate of drug-likeness (QED) is 0.0990. The van der Waals surface area contributed by atoms with Gasteiger partial charge in [-0.1, -0.05) is 17.8 Å². The fourth-order valence-corrected chi connectivity index (χ4v) is 6.18. The molecule has 1 aliphatic rings. The van der Waals surface area contributed by atoms with Crippen LogP contribution in [-0.2, 0) is 0 Å². The molecule has 0 amide bonds. The maximum atomic E-state index is 11.3. The van der Waals surface area contributed by atoms with Crippen LogP contribution in [0.1, 0.15) is 23.5 Å². The second kappa shape index (κ2) is 12.1. The highest BCUT2D eigenvalue weighted by atomic mass is 32.2. The molecule has 6 rings (SSSR count). The van der Waals surface area contributed by atoms with E-state index in [4.69, 9.17) is 21.4 Å². The van der Waals surface area contributed by atoms with E-state index in [9.17, 15) is 20.2 Å². The number of nitrogens with zero attached hydrogens (tertiary/aromatic N) is 4. The Morgan fingerprint density at radius 3 is 2.23 bits per heavy atom. The number of anilines is 1. The normalized spacial score (nSPS) is 16.0. The predicted octanol–water partition coefficient (Wildman–Crippen LogP) is 7.49. The molecule has 1 aliphatic heterocycles. The standard InChI is InChI=1S/C31H23N5O6S2/c1-41-28-18-21(36(39)40)9-14-24(28)26-15-16-27(42-26)30-29(25-4-2-3-17-32-25)33-31(43)34(30)19-5-10-22(11-6-19)44-23-12-7-20(8-13-23)35(37)38/h2-18,29-30H,1H3,(H,33,43). The molecule has 220 valence electrons. The van der Waals surface area contributed by atoms with Gasteiger partial charge >= 0.3 is 0 Å². The number of nitro groups is 2. The number of nitrogens with one attached hydrogen (secondary N) is 1. The van der Waals surface area contributed by atoms with Gasteiger partial charge in [0.05, 0.1) is 40.3 Å². The lowest BCUT2D eigenvalue weighted by Crippen LogP contribution is -2.29. The molecule has 0 radical (unpaired) electrons. The molecule has 0 aliphatic carbocycles. The number of hydrogen-bond acceptors (Lipinski definition) is 9. The molecule has 0 bridgehead atoms. The van der Waals surface area contributed by atoms with Crippen LogP contribution in [0.5, 0.6) is 5.75 Å². The van der Waals surface area contributed by atoms with Gasteiger partial charge in [-0.15, -0.1) is 0 Å². The molecular formula is C31H23N5O6S2. The third kappa shape index (κ3) is 5.70. The van der Waals surface area contributed by atoms with Crippen LogP contribution >= 0.6 is 24.0 Å². The molecule has 5 aromatic rings. The van der Waals surface area contributed by atoms with Crippen molar-refractivity contribution >= 4 is 46.2 Å². The maximum Gasteiger partial charge on any atom is 0.273 e. The van der Waals surface area contributed by atoms with Gasteiger partial charge in [-0.25, -0.2) is 0 Å². The van der Waals surface area contributed by atoms with Crippen LogP contribution in [0.2, 0.25) is 0 Å². The minimum atomic E-state index is -0.476. The van der Waals surface area contributed by atoms with E-state index in [1.807, 2.05) is 53.4 Å². The molecule has 1 saturated heterocycles. The maximum absolute atomic E-state index is 11.3. The van der Waals surface area contributed by atoms with E-state index in [1.54, 1.807) is 30.5 Å². The number of hydrogen-bond donors (Lipinski definition) is 1. The number of benzene rings is 3. The highest BCUT2D eigenvalue weighted by molar-refractivity contribution is 7.99. The summed E-state index contributed by atoms with van der Waals surface area (Å²) in [4.78, 5) is 29.7. The third-order valence-corrected chi connectivity index (χ3v) is 8.41. The number of non-ortho nitro benzene ring substituents is 2. The second-order valence-electron chi connectivity index (χ2n) is 9.69. The Balaban J connectivity index is 1.33. The van der Waals surface area contributed by atoms with Crippen molar-refractivity contribution in [2.75, 3.05) is 12.0 Å². The highest BCUT2D eigenvalue weighted by Crippen LogP contribution is 2.44. The Kier molecular flexibility index (Phi) is 7.96. The Labute approximate surface area is 260 Å². The first kappa shape index (κ1) is 28.8. The first-order chi connectivity index (χ1) is 21.3. The first-order valence-electron chi connectivity index (χ1n) is 13.3. The van der Waals surface area contributed by atoms with Gasteiger partial charge in [0.1, 0.15) is 23.3 Å². The van der Waals surface area contributed by atoms with E-state index in [1.165, 1.54) is 43.1 Å². The summed E-state index contributed by atoms with van der Waals surface area (Å²) >= 11 is 7.32. The van der Waals surface area contributed by atoms with E-state index >= 15 is 0 Å². The van der Waals surface area contributed by atoms with Gasteiger partial charge in [0.15, 0.2) is 5.11 Å². The highest BCUT2D eigenvalue weighted by Gasteiger charge is 2.42. The van der Waals surface area contributed by atoms with Gasteiger partial charge in [0, 0.05) is 39.9 Å². The Morgan fingerprint density at radius 1 is 0.909 bits per heavy atom. The van der Waals surface area contributed by atoms with Crippen LogP contribution in [0.3, 0.4) is 0 Å². The van der Waals surface area contributed by atoms with Crippen molar-refractivity contribution in [3.05, 3.63) is 135 Å². The van der Waals surface area contributed by atoms with E-state index in [0.717, 1.165) is 21.2 Å². The Hall–Kier alpha value is -5.27. The summed E-state index contributed by atoms with van der Waals surface area (Å²) < 4.78 is 11.8. The first-order valence-corrected chi connectivity index (χ1v) is 14.5. The molecule has 2 aromatic heterocycles. The van der Waals surface area contributed by atoms with Crippen molar-refractivity contribution in [3.63, 3.8) is 0 Å². The molecule has 13 heteroatoms. The summed E-state index contributed by atoms with van der Waals surface area (Å²) in [5, 5.41) is 26.2. The minimum Gasteiger partial charge on any atom is -0.496 e. The van der Waals surface area contributed by atoms with Crippen molar-refractivity contribution in [1.29, 1.82) is 0 Å². The topological polar surface area (TPSA) is 137 Å². The molecule has 3 heterocycles. The number of thiocarbonyl (C=S) groups is 1. The molecule has 1 fully saturated rings. The molecule has 44 heavy (non-hydrogen) atoms. The number of furan rings is 1. The van der Waals surface area contributed by atoms with Gasteiger partial charge in [-0.2, -0.15) is 0 Å². The Bertz CT molecular complexity index is 1850. The molecule has 0 spiro atoms. The second-order valence-corrected chi connectivity index (χ2v) is 11.2. The van der Waals surface area contributed by atoms with Gasteiger partial charge in [-0.3, -0.25) is 25.2 Å². The largest absolute Gasteiger partial charge is 0.496 e. The van der Waals surface area contributed by atoms with Crippen molar-refractivity contribution in [1.82, 2.24) is 10.3 Å².